The Kier molecular flexibility index (Phi) is 4.06. The van der Waals surface area contributed by atoms with Crippen LogP contribution in [0, 0.1) is 0 Å². The summed E-state index contributed by atoms with van der Waals surface area (Å²) in [6, 6.07) is 6.10. The van der Waals surface area contributed by atoms with Crippen molar-refractivity contribution in [2.75, 3.05) is 17.6 Å². The van der Waals surface area contributed by atoms with Gasteiger partial charge in [0.15, 0.2) is 0 Å². The monoisotopic (exact) mass is 297 g/mol. The minimum absolute atomic E-state index is 0.280. The molecular formula is C9H12ClNO4S2. The van der Waals surface area contributed by atoms with Crippen LogP contribution in [0.2, 0.25) is 0 Å². The van der Waals surface area contributed by atoms with E-state index >= 15 is 0 Å². The summed E-state index contributed by atoms with van der Waals surface area (Å²) in [5.41, 5.74) is 0.967. The highest BCUT2D eigenvalue weighted by Gasteiger charge is 2.12. The normalized spacial score (nSPS) is 12.4. The minimum atomic E-state index is -3.60. The van der Waals surface area contributed by atoms with Crippen molar-refractivity contribution in [3.8, 4) is 0 Å². The summed E-state index contributed by atoms with van der Waals surface area (Å²) < 4.78 is 45.3. The number of rotatable bonds is 4. The fraction of sp³-hybridized carbons (Fsp3) is 0.333. The van der Waals surface area contributed by atoms with Crippen LogP contribution in [0.4, 0.5) is 5.69 Å². The van der Waals surface area contributed by atoms with E-state index in [4.69, 9.17) is 10.7 Å². The molecule has 0 spiro atoms. The van der Waals surface area contributed by atoms with Gasteiger partial charge in [0.2, 0.25) is 19.1 Å². The average Bonchev–Trinajstić information content (AvgIpc) is 2.14. The number of hydrogen-bond acceptors (Lipinski definition) is 4. The number of anilines is 1. The highest BCUT2D eigenvalue weighted by Crippen LogP contribution is 2.18. The van der Waals surface area contributed by atoms with Crippen molar-refractivity contribution < 1.29 is 16.8 Å². The second-order valence-corrected chi connectivity index (χ2v) is 8.37. The number of benzene rings is 1. The van der Waals surface area contributed by atoms with E-state index in [-0.39, 0.29) is 5.75 Å². The maximum atomic E-state index is 11.3. The third-order valence-corrected chi connectivity index (χ3v) is 4.35. The van der Waals surface area contributed by atoms with E-state index in [1.165, 1.54) is 31.3 Å². The molecule has 0 radical (unpaired) electrons. The highest BCUT2D eigenvalue weighted by molar-refractivity contribution is 8.13. The second kappa shape index (κ2) is 4.83. The predicted octanol–water partition coefficient (Wildman–Crippen LogP) is 1.15. The van der Waals surface area contributed by atoms with Crippen LogP contribution in [0.3, 0.4) is 0 Å². The third-order valence-electron chi connectivity index (χ3n) is 2.14. The first-order valence-corrected chi connectivity index (χ1v) is 8.87. The Morgan fingerprint density at radius 1 is 1.12 bits per heavy atom. The van der Waals surface area contributed by atoms with E-state index in [2.05, 4.69) is 0 Å². The summed E-state index contributed by atoms with van der Waals surface area (Å²) in [5.74, 6) is -0.280. The first-order valence-electron chi connectivity index (χ1n) is 4.55. The molecule has 0 aliphatic heterocycles. The molecule has 0 amide bonds. The second-order valence-electron chi connectivity index (χ2n) is 3.58. The van der Waals surface area contributed by atoms with Crippen molar-refractivity contribution in [3.63, 3.8) is 0 Å². The Labute approximate surface area is 105 Å². The topological polar surface area (TPSA) is 71.5 Å². The number of halogens is 1. The predicted molar refractivity (Wildman–Crippen MR) is 68.2 cm³/mol. The smallest absolute Gasteiger partial charge is 0.236 e. The van der Waals surface area contributed by atoms with Gasteiger partial charge in [0.05, 0.1) is 17.7 Å². The van der Waals surface area contributed by atoms with Crippen molar-refractivity contribution in [1.29, 1.82) is 0 Å². The lowest BCUT2D eigenvalue weighted by Crippen LogP contribution is -2.24. The summed E-state index contributed by atoms with van der Waals surface area (Å²) in [6.45, 7) is 0. The van der Waals surface area contributed by atoms with Crippen LogP contribution in [0.25, 0.3) is 0 Å². The van der Waals surface area contributed by atoms with Crippen molar-refractivity contribution >= 4 is 35.4 Å². The van der Waals surface area contributed by atoms with E-state index in [1.54, 1.807) is 0 Å². The van der Waals surface area contributed by atoms with Gasteiger partial charge in [-0.15, -0.1) is 0 Å². The van der Waals surface area contributed by atoms with Gasteiger partial charge >= 0.3 is 0 Å². The van der Waals surface area contributed by atoms with E-state index in [0.29, 0.717) is 11.3 Å². The Hall–Kier alpha value is -0.790. The molecular weight excluding hydrogens is 286 g/mol. The maximum absolute atomic E-state index is 11.3. The van der Waals surface area contributed by atoms with Crippen LogP contribution in [-0.2, 0) is 24.8 Å². The molecule has 0 heterocycles. The molecule has 0 aliphatic rings. The van der Waals surface area contributed by atoms with Gasteiger partial charge in [0.1, 0.15) is 0 Å². The van der Waals surface area contributed by atoms with Gasteiger partial charge in [-0.3, -0.25) is 4.31 Å². The van der Waals surface area contributed by atoms with Gasteiger partial charge < -0.3 is 0 Å². The van der Waals surface area contributed by atoms with Gasteiger partial charge in [-0.05, 0) is 17.7 Å². The number of nitrogens with zero attached hydrogens (tertiary/aromatic N) is 1. The molecule has 1 aromatic rings. The zero-order chi connectivity index (χ0) is 13.3. The number of hydrogen-bond donors (Lipinski definition) is 0. The average molecular weight is 298 g/mol. The molecule has 1 rings (SSSR count). The Bertz CT molecular complexity index is 592. The summed E-state index contributed by atoms with van der Waals surface area (Å²) in [6.07, 6.45) is 1.09. The van der Waals surface area contributed by atoms with Crippen molar-refractivity contribution in [3.05, 3.63) is 29.8 Å². The first-order chi connectivity index (χ1) is 7.59. The zero-order valence-electron chi connectivity index (χ0n) is 9.29. The van der Waals surface area contributed by atoms with Gasteiger partial charge in [0.25, 0.3) is 0 Å². The summed E-state index contributed by atoms with van der Waals surface area (Å²) in [7, 11) is -0.385. The molecule has 0 saturated carbocycles. The molecule has 5 nitrogen and oxygen atoms in total. The summed E-state index contributed by atoms with van der Waals surface area (Å²) in [4.78, 5) is 0. The van der Waals surface area contributed by atoms with Gasteiger partial charge in [-0.2, -0.15) is 0 Å². The van der Waals surface area contributed by atoms with E-state index in [9.17, 15) is 16.8 Å². The lowest BCUT2D eigenvalue weighted by Gasteiger charge is -2.16. The van der Waals surface area contributed by atoms with Crippen molar-refractivity contribution in [2.24, 2.45) is 0 Å². The van der Waals surface area contributed by atoms with Crippen LogP contribution < -0.4 is 4.31 Å². The van der Waals surface area contributed by atoms with Gasteiger partial charge in [-0.25, -0.2) is 16.8 Å². The van der Waals surface area contributed by atoms with Crippen LogP contribution in [-0.4, -0.2) is 30.1 Å². The number of sulfonamides is 1. The van der Waals surface area contributed by atoms with Crippen LogP contribution in [0.5, 0.6) is 0 Å². The Balaban J connectivity index is 2.97. The molecule has 8 heteroatoms. The highest BCUT2D eigenvalue weighted by atomic mass is 35.7. The Morgan fingerprint density at radius 3 is 1.94 bits per heavy atom. The van der Waals surface area contributed by atoms with Crippen molar-refractivity contribution in [1.82, 2.24) is 0 Å². The molecule has 0 unspecified atom stereocenters. The molecule has 17 heavy (non-hydrogen) atoms. The molecule has 0 saturated heterocycles. The molecule has 0 fully saturated rings. The maximum Gasteiger partial charge on any atom is 0.236 e. The molecule has 0 bridgehead atoms. The zero-order valence-corrected chi connectivity index (χ0v) is 11.7. The fourth-order valence-electron chi connectivity index (χ4n) is 1.19. The molecule has 0 aliphatic carbocycles. The largest absolute Gasteiger partial charge is 0.274 e. The fourth-order valence-corrected chi connectivity index (χ4v) is 2.67. The third kappa shape index (κ3) is 4.53. The SMILES string of the molecule is CN(c1ccc(CS(=O)(=O)Cl)cc1)S(C)(=O)=O. The lowest BCUT2D eigenvalue weighted by atomic mass is 10.2. The standard InChI is InChI=1S/C9H12ClNO4S2/c1-11(16(2,12)13)9-5-3-8(4-6-9)7-17(10,14)15/h3-6H,7H2,1-2H3. The van der Waals surface area contributed by atoms with Gasteiger partial charge in [-0.1, -0.05) is 12.1 Å². The van der Waals surface area contributed by atoms with Crippen LogP contribution >= 0.6 is 10.7 Å². The Morgan fingerprint density at radius 2 is 1.59 bits per heavy atom. The minimum Gasteiger partial charge on any atom is -0.274 e. The van der Waals surface area contributed by atoms with Crippen LogP contribution in [0.15, 0.2) is 24.3 Å². The molecule has 96 valence electrons. The summed E-state index contributed by atoms with van der Waals surface area (Å²) >= 11 is 0. The van der Waals surface area contributed by atoms with Gasteiger partial charge in [0, 0.05) is 17.7 Å². The molecule has 0 aromatic heterocycles. The molecule has 0 N–H and O–H groups in total. The molecule has 1 aromatic carbocycles. The van der Waals surface area contributed by atoms with Crippen LogP contribution in [0.1, 0.15) is 5.56 Å². The van der Waals surface area contributed by atoms with Crippen molar-refractivity contribution in [2.45, 2.75) is 5.75 Å². The first kappa shape index (κ1) is 14.3. The van der Waals surface area contributed by atoms with E-state index in [1.807, 2.05) is 0 Å². The van der Waals surface area contributed by atoms with E-state index < -0.39 is 19.1 Å². The lowest BCUT2D eigenvalue weighted by molar-refractivity contribution is 0.600. The summed E-state index contributed by atoms with van der Waals surface area (Å²) in [5, 5.41) is 0. The van der Waals surface area contributed by atoms with E-state index in [0.717, 1.165) is 10.6 Å². The quantitative estimate of drug-likeness (QED) is 0.782. The molecule has 0 atom stereocenters.